The van der Waals surface area contributed by atoms with Gasteiger partial charge < -0.3 is 4.74 Å². The van der Waals surface area contributed by atoms with Gasteiger partial charge in [0.2, 0.25) is 5.82 Å². The minimum atomic E-state index is -0.913. The van der Waals surface area contributed by atoms with E-state index in [9.17, 15) is 8.78 Å². The number of benzene rings is 3. The summed E-state index contributed by atoms with van der Waals surface area (Å²) in [6, 6.07) is 19.2. The first-order chi connectivity index (χ1) is 15.6. The lowest BCUT2D eigenvalue weighted by Gasteiger charge is -2.11. The van der Waals surface area contributed by atoms with E-state index in [2.05, 4.69) is 38.1 Å². The number of unbranched alkanes of at least 4 members (excludes halogenated alkanes) is 5. The second-order valence-electron chi connectivity index (χ2n) is 8.38. The third-order valence-corrected chi connectivity index (χ3v) is 5.82. The van der Waals surface area contributed by atoms with Crippen molar-refractivity contribution in [3.63, 3.8) is 0 Å². The molecular formula is C29H34F2O. The van der Waals surface area contributed by atoms with Crippen LogP contribution in [-0.4, -0.2) is 6.61 Å². The minimum absolute atomic E-state index is 0.0106. The Balaban J connectivity index is 1.63. The number of rotatable bonds is 12. The summed E-state index contributed by atoms with van der Waals surface area (Å²) < 4.78 is 34.8. The average Bonchev–Trinajstić information content (AvgIpc) is 2.82. The molecule has 0 spiro atoms. The molecule has 0 aliphatic rings. The molecule has 0 heterocycles. The van der Waals surface area contributed by atoms with Crippen LogP contribution in [0.1, 0.15) is 64.4 Å². The standard InChI is InChI=1S/C29H34F2O/c1-3-5-6-7-8-9-21-32-27-20-19-26(28(30)29(27)31)25-17-15-24(16-18-25)23-13-11-22(10-4-2)12-14-23/h11-20H,3-10,21H2,1-2H3. The van der Waals surface area contributed by atoms with E-state index in [-0.39, 0.29) is 11.3 Å². The van der Waals surface area contributed by atoms with Crippen molar-refractivity contribution in [2.75, 3.05) is 6.61 Å². The van der Waals surface area contributed by atoms with Crippen LogP contribution in [0.25, 0.3) is 22.3 Å². The molecule has 0 atom stereocenters. The lowest BCUT2D eigenvalue weighted by Crippen LogP contribution is -2.01. The molecule has 1 nitrogen and oxygen atoms in total. The fourth-order valence-electron chi connectivity index (χ4n) is 3.93. The number of hydrogen-bond donors (Lipinski definition) is 0. The molecule has 0 aliphatic carbocycles. The third-order valence-electron chi connectivity index (χ3n) is 5.82. The van der Waals surface area contributed by atoms with Gasteiger partial charge in [0, 0.05) is 5.56 Å². The maximum absolute atomic E-state index is 14.7. The number of ether oxygens (including phenoxy) is 1. The highest BCUT2D eigenvalue weighted by atomic mass is 19.2. The van der Waals surface area contributed by atoms with Crippen molar-refractivity contribution in [1.29, 1.82) is 0 Å². The van der Waals surface area contributed by atoms with Crippen molar-refractivity contribution in [2.24, 2.45) is 0 Å². The Morgan fingerprint density at radius 1 is 0.594 bits per heavy atom. The van der Waals surface area contributed by atoms with E-state index in [1.807, 2.05) is 24.3 Å². The highest BCUT2D eigenvalue weighted by molar-refractivity contribution is 5.71. The van der Waals surface area contributed by atoms with Gasteiger partial charge in [0.1, 0.15) is 0 Å². The molecule has 32 heavy (non-hydrogen) atoms. The summed E-state index contributed by atoms with van der Waals surface area (Å²) in [4.78, 5) is 0. The van der Waals surface area contributed by atoms with Crippen LogP contribution in [0, 0.1) is 11.6 Å². The first-order valence-electron chi connectivity index (χ1n) is 11.9. The Morgan fingerprint density at radius 2 is 1.19 bits per heavy atom. The van der Waals surface area contributed by atoms with E-state index < -0.39 is 11.6 Å². The summed E-state index contributed by atoms with van der Waals surface area (Å²) in [5, 5.41) is 0. The van der Waals surface area contributed by atoms with E-state index in [0.717, 1.165) is 43.2 Å². The summed E-state index contributed by atoms with van der Waals surface area (Å²) >= 11 is 0. The van der Waals surface area contributed by atoms with Crippen molar-refractivity contribution in [1.82, 2.24) is 0 Å². The fourth-order valence-corrected chi connectivity index (χ4v) is 3.93. The van der Waals surface area contributed by atoms with Crippen molar-refractivity contribution in [3.05, 3.63) is 77.9 Å². The summed E-state index contributed by atoms with van der Waals surface area (Å²) in [5.74, 6) is -1.78. The molecule has 0 aliphatic heterocycles. The Hall–Kier alpha value is -2.68. The molecule has 0 fully saturated rings. The molecule has 3 aromatic carbocycles. The Morgan fingerprint density at radius 3 is 1.84 bits per heavy atom. The normalized spacial score (nSPS) is 11.0. The van der Waals surface area contributed by atoms with Crippen molar-refractivity contribution < 1.29 is 13.5 Å². The van der Waals surface area contributed by atoms with Gasteiger partial charge in [-0.2, -0.15) is 4.39 Å². The van der Waals surface area contributed by atoms with Crippen LogP contribution in [0.3, 0.4) is 0 Å². The van der Waals surface area contributed by atoms with Gasteiger partial charge in [0.15, 0.2) is 11.6 Å². The third kappa shape index (κ3) is 6.41. The average molecular weight is 437 g/mol. The van der Waals surface area contributed by atoms with Crippen LogP contribution >= 0.6 is 0 Å². The zero-order valence-corrected chi connectivity index (χ0v) is 19.3. The predicted octanol–water partition coefficient (Wildman–Crippen LogP) is 8.99. The van der Waals surface area contributed by atoms with Gasteiger partial charge >= 0.3 is 0 Å². The second kappa shape index (κ2) is 12.4. The molecule has 0 aromatic heterocycles. The highest BCUT2D eigenvalue weighted by Crippen LogP contribution is 2.31. The van der Waals surface area contributed by atoms with Gasteiger partial charge in [0.25, 0.3) is 0 Å². The maximum atomic E-state index is 14.7. The molecule has 3 rings (SSSR count). The Labute approximate surface area is 191 Å². The topological polar surface area (TPSA) is 9.23 Å². The van der Waals surface area contributed by atoms with Gasteiger partial charge in [-0.15, -0.1) is 0 Å². The van der Waals surface area contributed by atoms with E-state index >= 15 is 0 Å². The largest absolute Gasteiger partial charge is 0.490 e. The molecule has 0 unspecified atom stereocenters. The van der Waals surface area contributed by atoms with E-state index in [0.29, 0.717) is 12.2 Å². The van der Waals surface area contributed by atoms with E-state index in [1.54, 1.807) is 6.07 Å². The first kappa shape index (κ1) is 24.0. The van der Waals surface area contributed by atoms with Gasteiger partial charge in [-0.05, 0) is 47.2 Å². The molecule has 0 N–H and O–H groups in total. The summed E-state index contributed by atoms with van der Waals surface area (Å²) in [6.07, 6.45) is 8.94. The predicted molar refractivity (Wildman–Crippen MR) is 130 cm³/mol. The number of aryl methyl sites for hydroxylation is 1. The van der Waals surface area contributed by atoms with Crippen LogP contribution in [-0.2, 0) is 6.42 Å². The molecular weight excluding hydrogens is 402 g/mol. The highest BCUT2D eigenvalue weighted by Gasteiger charge is 2.16. The lowest BCUT2D eigenvalue weighted by molar-refractivity contribution is 0.285. The second-order valence-corrected chi connectivity index (χ2v) is 8.38. The van der Waals surface area contributed by atoms with Crippen LogP contribution < -0.4 is 4.74 Å². The number of hydrogen-bond acceptors (Lipinski definition) is 1. The molecule has 3 heteroatoms. The van der Waals surface area contributed by atoms with Crippen molar-refractivity contribution in [2.45, 2.75) is 65.2 Å². The molecule has 0 saturated heterocycles. The van der Waals surface area contributed by atoms with E-state index in [1.165, 1.54) is 30.9 Å². The van der Waals surface area contributed by atoms with E-state index in [4.69, 9.17) is 4.74 Å². The zero-order chi connectivity index (χ0) is 22.8. The molecule has 0 bridgehead atoms. The SMILES string of the molecule is CCCCCCCCOc1ccc(-c2ccc(-c3ccc(CCC)cc3)cc2)c(F)c1F. The minimum Gasteiger partial charge on any atom is -0.490 e. The molecule has 170 valence electrons. The van der Waals surface area contributed by atoms with Crippen LogP contribution in [0.15, 0.2) is 60.7 Å². The van der Waals surface area contributed by atoms with Crippen molar-refractivity contribution in [3.8, 4) is 28.0 Å². The summed E-state index contributed by atoms with van der Waals surface area (Å²) in [5.41, 5.74) is 4.39. The summed E-state index contributed by atoms with van der Waals surface area (Å²) in [7, 11) is 0. The van der Waals surface area contributed by atoms with Gasteiger partial charge in [-0.3, -0.25) is 0 Å². The molecule has 0 radical (unpaired) electrons. The van der Waals surface area contributed by atoms with Gasteiger partial charge in [-0.25, -0.2) is 4.39 Å². The number of halogens is 2. The summed E-state index contributed by atoms with van der Waals surface area (Å²) in [6.45, 7) is 4.76. The van der Waals surface area contributed by atoms with Crippen LogP contribution in [0.4, 0.5) is 8.78 Å². The zero-order valence-electron chi connectivity index (χ0n) is 19.3. The van der Waals surface area contributed by atoms with Crippen LogP contribution in [0.2, 0.25) is 0 Å². The van der Waals surface area contributed by atoms with Crippen LogP contribution in [0.5, 0.6) is 5.75 Å². The maximum Gasteiger partial charge on any atom is 0.201 e. The lowest BCUT2D eigenvalue weighted by atomic mass is 9.98. The smallest absolute Gasteiger partial charge is 0.201 e. The van der Waals surface area contributed by atoms with Crippen molar-refractivity contribution >= 4 is 0 Å². The fraction of sp³-hybridized carbons (Fsp3) is 0.379. The molecule has 0 amide bonds. The van der Waals surface area contributed by atoms with Gasteiger partial charge in [0.05, 0.1) is 6.61 Å². The molecule has 0 saturated carbocycles. The quantitative estimate of drug-likeness (QED) is 0.257. The Kier molecular flexibility index (Phi) is 9.27. The first-order valence-corrected chi connectivity index (χ1v) is 11.9. The monoisotopic (exact) mass is 436 g/mol. The van der Waals surface area contributed by atoms with Gasteiger partial charge in [-0.1, -0.05) is 101 Å². The Bertz CT molecular complexity index is 962. The molecule has 3 aromatic rings.